The summed E-state index contributed by atoms with van der Waals surface area (Å²) in [6.45, 7) is 0. The van der Waals surface area contributed by atoms with Gasteiger partial charge in [0.2, 0.25) is 0 Å². The van der Waals surface area contributed by atoms with Gasteiger partial charge in [0.05, 0.1) is 7.11 Å². The van der Waals surface area contributed by atoms with E-state index in [1.54, 1.807) is 18.4 Å². The van der Waals surface area contributed by atoms with Gasteiger partial charge in [0, 0.05) is 10.3 Å². The highest BCUT2D eigenvalue weighted by Gasteiger charge is 2.21. The smallest absolute Gasteiger partial charge is 0.142 e. The number of methoxy groups -OCH3 is 1. The first-order valence-corrected chi connectivity index (χ1v) is 8.11. The van der Waals surface area contributed by atoms with E-state index in [1.807, 2.05) is 30.3 Å². The highest BCUT2D eigenvalue weighted by Crippen LogP contribution is 2.41. The van der Waals surface area contributed by atoms with Crippen molar-refractivity contribution in [1.82, 2.24) is 4.98 Å². The summed E-state index contributed by atoms with van der Waals surface area (Å²) in [5.41, 5.74) is 4.14. The Bertz CT molecular complexity index is 903. The molecule has 108 valence electrons. The van der Waals surface area contributed by atoms with Crippen molar-refractivity contribution in [2.45, 2.75) is 19.3 Å². The molecule has 1 aliphatic carbocycles. The van der Waals surface area contributed by atoms with Crippen molar-refractivity contribution in [2.75, 3.05) is 7.11 Å². The summed E-state index contributed by atoms with van der Waals surface area (Å²) >= 11 is 1.75. The van der Waals surface area contributed by atoms with E-state index < -0.39 is 0 Å². The van der Waals surface area contributed by atoms with E-state index in [-0.39, 0.29) is 0 Å². The molecule has 4 rings (SSSR count). The number of nitriles is 1. The Balaban J connectivity index is 2.00. The molecule has 0 saturated carbocycles. The molecule has 22 heavy (non-hydrogen) atoms. The van der Waals surface area contributed by atoms with E-state index >= 15 is 0 Å². The van der Waals surface area contributed by atoms with Crippen molar-refractivity contribution in [3.05, 3.63) is 46.5 Å². The molecule has 3 aromatic rings. The van der Waals surface area contributed by atoms with E-state index in [1.165, 1.54) is 22.2 Å². The molecular formula is C18H14N2OS. The topological polar surface area (TPSA) is 45.9 Å². The Morgan fingerprint density at radius 3 is 2.77 bits per heavy atom. The number of hydrogen-bond acceptors (Lipinski definition) is 4. The number of rotatable bonds is 2. The monoisotopic (exact) mass is 306 g/mol. The molecule has 0 unspecified atom stereocenters. The minimum Gasteiger partial charge on any atom is -0.497 e. The first-order valence-electron chi connectivity index (χ1n) is 7.30. The zero-order chi connectivity index (χ0) is 15.1. The highest BCUT2D eigenvalue weighted by atomic mass is 32.1. The van der Waals surface area contributed by atoms with Gasteiger partial charge in [0.1, 0.15) is 22.3 Å². The van der Waals surface area contributed by atoms with Crippen LogP contribution in [-0.2, 0) is 12.8 Å². The fourth-order valence-corrected chi connectivity index (χ4v) is 4.44. The standard InChI is InChI=1S/C18H14N2OS/c1-21-13-7-5-11(6-8-13)15-9-12(10-19)20-18-17(15)14-3-2-4-16(14)22-18/h5-9H,2-4H2,1H3. The number of thiophene rings is 1. The van der Waals surface area contributed by atoms with Crippen molar-refractivity contribution in [3.8, 4) is 22.9 Å². The molecule has 2 aromatic heterocycles. The third kappa shape index (κ3) is 1.98. The Kier molecular flexibility index (Phi) is 3.09. The fourth-order valence-electron chi connectivity index (χ4n) is 3.15. The van der Waals surface area contributed by atoms with Crippen LogP contribution in [0, 0.1) is 11.3 Å². The maximum Gasteiger partial charge on any atom is 0.142 e. The molecule has 0 atom stereocenters. The summed E-state index contributed by atoms with van der Waals surface area (Å²) in [5.74, 6) is 0.838. The molecule has 0 N–H and O–H groups in total. The average Bonchev–Trinajstić information content (AvgIpc) is 3.14. The van der Waals surface area contributed by atoms with Crippen molar-refractivity contribution in [1.29, 1.82) is 5.26 Å². The van der Waals surface area contributed by atoms with Gasteiger partial charge in [-0.15, -0.1) is 11.3 Å². The predicted molar refractivity (Wildman–Crippen MR) is 88.3 cm³/mol. The maximum absolute atomic E-state index is 9.27. The molecule has 0 aliphatic heterocycles. The third-order valence-electron chi connectivity index (χ3n) is 4.19. The van der Waals surface area contributed by atoms with Crippen LogP contribution < -0.4 is 4.74 Å². The van der Waals surface area contributed by atoms with Gasteiger partial charge in [-0.2, -0.15) is 5.26 Å². The van der Waals surface area contributed by atoms with Crippen LogP contribution in [0.4, 0.5) is 0 Å². The van der Waals surface area contributed by atoms with Gasteiger partial charge in [-0.05, 0) is 54.2 Å². The van der Waals surface area contributed by atoms with Crippen LogP contribution in [0.25, 0.3) is 21.3 Å². The number of aromatic nitrogens is 1. The number of aryl methyl sites for hydroxylation is 2. The van der Waals surface area contributed by atoms with Crippen molar-refractivity contribution in [3.63, 3.8) is 0 Å². The summed E-state index contributed by atoms with van der Waals surface area (Å²) in [6.07, 6.45) is 3.48. The molecule has 1 aromatic carbocycles. The van der Waals surface area contributed by atoms with Crippen LogP contribution in [-0.4, -0.2) is 12.1 Å². The number of benzene rings is 1. The lowest BCUT2D eigenvalue weighted by Gasteiger charge is -2.07. The summed E-state index contributed by atoms with van der Waals surface area (Å²) < 4.78 is 5.23. The Morgan fingerprint density at radius 1 is 1.23 bits per heavy atom. The van der Waals surface area contributed by atoms with Crippen LogP contribution in [0.5, 0.6) is 5.75 Å². The van der Waals surface area contributed by atoms with Gasteiger partial charge >= 0.3 is 0 Å². The van der Waals surface area contributed by atoms with Crippen molar-refractivity contribution < 1.29 is 4.74 Å². The molecule has 4 heteroatoms. The van der Waals surface area contributed by atoms with Gasteiger partial charge in [-0.1, -0.05) is 12.1 Å². The second-order valence-corrected chi connectivity index (χ2v) is 6.52. The predicted octanol–water partition coefficient (Wildman–Crippen LogP) is 4.33. The first-order chi connectivity index (χ1) is 10.8. The average molecular weight is 306 g/mol. The molecule has 0 spiro atoms. The zero-order valence-electron chi connectivity index (χ0n) is 12.2. The van der Waals surface area contributed by atoms with Gasteiger partial charge in [-0.3, -0.25) is 0 Å². The summed E-state index contributed by atoms with van der Waals surface area (Å²) in [5, 5.41) is 10.5. The minimum atomic E-state index is 0.484. The SMILES string of the molecule is COc1ccc(-c2cc(C#N)nc3sc4c(c23)CCC4)cc1. The molecule has 1 aliphatic rings. The lowest BCUT2D eigenvalue weighted by molar-refractivity contribution is 0.415. The molecule has 0 amide bonds. The summed E-state index contributed by atoms with van der Waals surface area (Å²) in [4.78, 5) is 6.94. The van der Waals surface area contributed by atoms with Gasteiger partial charge < -0.3 is 4.74 Å². The van der Waals surface area contributed by atoms with E-state index in [4.69, 9.17) is 4.74 Å². The van der Waals surface area contributed by atoms with E-state index in [9.17, 15) is 5.26 Å². The van der Waals surface area contributed by atoms with E-state index in [0.29, 0.717) is 5.69 Å². The number of pyridine rings is 1. The van der Waals surface area contributed by atoms with Crippen molar-refractivity contribution >= 4 is 21.6 Å². The van der Waals surface area contributed by atoms with E-state index in [2.05, 4.69) is 11.1 Å². The van der Waals surface area contributed by atoms with Crippen LogP contribution in [0.3, 0.4) is 0 Å². The normalized spacial score (nSPS) is 13.1. The van der Waals surface area contributed by atoms with Crippen LogP contribution in [0.15, 0.2) is 30.3 Å². The third-order valence-corrected chi connectivity index (χ3v) is 5.38. The summed E-state index contributed by atoms with van der Waals surface area (Å²) in [6, 6.07) is 12.1. The lowest BCUT2D eigenvalue weighted by atomic mass is 9.99. The number of nitrogens with zero attached hydrogens (tertiary/aromatic N) is 2. The minimum absolute atomic E-state index is 0.484. The Morgan fingerprint density at radius 2 is 2.05 bits per heavy atom. The largest absolute Gasteiger partial charge is 0.497 e. The Labute approximate surface area is 132 Å². The van der Waals surface area contributed by atoms with Crippen LogP contribution in [0.2, 0.25) is 0 Å². The van der Waals surface area contributed by atoms with Gasteiger partial charge in [-0.25, -0.2) is 4.98 Å². The van der Waals surface area contributed by atoms with E-state index in [0.717, 1.165) is 34.5 Å². The molecule has 0 bridgehead atoms. The summed E-state index contributed by atoms with van der Waals surface area (Å²) in [7, 11) is 1.67. The van der Waals surface area contributed by atoms with Gasteiger partial charge in [0.25, 0.3) is 0 Å². The molecule has 0 saturated heterocycles. The molecule has 3 nitrogen and oxygen atoms in total. The molecule has 2 heterocycles. The maximum atomic E-state index is 9.27. The molecular weight excluding hydrogens is 292 g/mol. The molecule has 0 fully saturated rings. The van der Waals surface area contributed by atoms with Crippen molar-refractivity contribution in [2.24, 2.45) is 0 Å². The van der Waals surface area contributed by atoms with Gasteiger partial charge in [0.15, 0.2) is 0 Å². The second kappa shape index (κ2) is 5.11. The number of fused-ring (bicyclic) bond motifs is 3. The molecule has 0 radical (unpaired) electrons. The first kappa shape index (κ1) is 13.3. The quantitative estimate of drug-likeness (QED) is 0.708. The van der Waals surface area contributed by atoms with Crippen LogP contribution in [0.1, 0.15) is 22.6 Å². The second-order valence-electron chi connectivity index (χ2n) is 5.43. The fraction of sp³-hybridized carbons (Fsp3) is 0.222. The zero-order valence-corrected chi connectivity index (χ0v) is 13.0. The highest BCUT2D eigenvalue weighted by molar-refractivity contribution is 7.19. The number of ether oxygens (including phenoxy) is 1. The number of hydrogen-bond donors (Lipinski definition) is 0. The lowest BCUT2D eigenvalue weighted by Crippen LogP contribution is -1.89. The van der Waals surface area contributed by atoms with Crippen LogP contribution >= 0.6 is 11.3 Å². The Hall–Kier alpha value is -2.38.